The largest absolute Gasteiger partial charge is 0.465 e. The van der Waals surface area contributed by atoms with Crippen LogP contribution in [0, 0.1) is 6.92 Å². The summed E-state index contributed by atoms with van der Waals surface area (Å²) < 4.78 is 38.8. The number of carbonyl (C=O) groups is 1. The number of hydrogen-bond acceptors (Lipinski definition) is 5. The minimum Gasteiger partial charge on any atom is -0.465 e. The Morgan fingerprint density at radius 2 is 2.00 bits per heavy atom. The molecule has 1 amide bonds. The molecule has 3 rings (SSSR count). The van der Waals surface area contributed by atoms with E-state index in [2.05, 4.69) is 5.32 Å². The van der Waals surface area contributed by atoms with Gasteiger partial charge in [0.1, 0.15) is 22.1 Å². The van der Waals surface area contributed by atoms with Crippen LogP contribution in [0.3, 0.4) is 0 Å². The standard InChI is InChI=1S/C16H21N3O5S/c1-12-3-4-13(24-12)10-17-16(20)15-9-14(11-18(15)2)25(21,22)19-5-7-23-8-6-19/h3-4,9,11H,5-8,10H2,1-2H3,(H,17,20). The third-order valence-corrected chi connectivity index (χ3v) is 5.90. The molecule has 0 unspecified atom stereocenters. The summed E-state index contributed by atoms with van der Waals surface area (Å²) in [4.78, 5) is 12.5. The summed E-state index contributed by atoms with van der Waals surface area (Å²) in [6.45, 7) is 3.45. The number of nitrogens with zero attached hydrogens (tertiary/aromatic N) is 2. The molecule has 0 aliphatic carbocycles. The number of furan rings is 1. The lowest BCUT2D eigenvalue weighted by atomic mass is 10.3. The summed E-state index contributed by atoms with van der Waals surface area (Å²) >= 11 is 0. The molecule has 0 spiro atoms. The van der Waals surface area contributed by atoms with Crippen molar-refractivity contribution >= 4 is 15.9 Å². The van der Waals surface area contributed by atoms with E-state index in [-0.39, 0.29) is 23.0 Å². The Balaban J connectivity index is 1.73. The average Bonchev–Trinajstić information content (AvgIpc) is 3.19. The molecule has 3 heterocycles. The zero-order valence-corrected chi connectivity index (χ0v) is 15.0. The van der Waals surface area contributed by atoms with Crippen molar-refractivity contribution in [2.45, 2.75) is 18.4 Å². The van der Waals surface area contributed by atoms with Gasteiger partial charge in [0.05, 0.1) is 19.8 Å². The molecule has 0 atom stereocenters. The Kier molecular flexibility index (Phi) is 4.98. The number of morpholine rings is 1. The van der Waals surface area contributed by atoms with Gasteiger partial charge in [-0.1, -0.05) is 0 Å². The van der Waals surface area contributed by atoms with Gasteiger partial charge >= 0.3 is 0 Å². The molecule has 0 aromatic carbocycles. The van der Waals surface area contributed by atoms with Gasteiger partial charge in [-0.3, -0.25) is 4.79 Å². The van der Waals surface area contributed by atoms with Crippen LogP contribution in [0.15, 0.2) is 33.7 Å². The first-order valence-electron chi connectivity index (χ1n) is 7.96. The van der Waals surface area contributed by atoms with Gasteiger partial charge in [0, 0.05) is 26.3 Å². The van der Waals surface area contributed by atoms with Gasteiger partial charge in [-0.25, -0.2) is 8.42 Å². The molecule has 2 aromatic heterocycles. The average molecular weight is 367 g/mol. The first-order chi connectivity index (χ1) is 11.9. The van der Waals surface area contributed by atoms with E-state index in [0.29, 0.717) is 32.1 Å². The normalized spacial score (nSPS) is 16.1. The lowest BCUT2D eigenvalue weighted by Crippen LogP contribution is -2.40. The molecule has 25 heavy (non-hydrogen) atoms. The number of aromatic nitrogens is 1. The Bertz CT molecular complexity index is 862. The number of amides is 1. The van der Waals surface area contributed by atoms with Crippen molar-refractivity contribution in [1.29, 1.82) is 0 Å². The first-order valence-corrected chi connectivity index (χ1v) is 9.40. The van der Waals surface area contributed by atoms with Gasteiger partial charge in [-0.15, -0.1) is 0 Å². The topological polar surface area (TPSA) is 93.8 Å². The maximum absolute atomic E-state index is 12.7. The molecule has 2 aromatic rings. The number of carbonyl (C=O) groups excluding carboxylic acids is 1. The van der Waals surface area contributed by atoms with Crippen molar-refractivity contribution in [3.63, 3.8) is 0 Å². The van der Waals surface area contributed by atoms with Crippen molar-refractivity contribution in [1.82, 2.24) is 14.2 Å². The van der Waals surface area contributed by atoms with Crippen molar-refractivity contribution in [3.05, 3.63) is 41.6 Å². The molecule has 1 N–H and O–H groups in total. The smallest absolute Gasteiger partial charge is 0.268 e. The van der Waals surface area contributed by atoms with Gasteiger partial charge in [-0.2, -0.15) is 4.31 Å². The van der Waals surface area contributed by atoms with Gasteiger partial charge < -0.3 is 19.0 Å². The molecular weight excluding hydrogens is 346 g/mol. The lowest BCUT2D eigenvalue weighted by Gasteiger charge is -2.25. The van der Waals surface area contributed by atoms with Gasteiger partial charge in [0.2, 0.25) is 10.0 Å². The molecule has 1 fully saturated rings. The number of sulfonamides is 1. The second-order valence-electron chi connectivity index (χ2n) is 5.88. The summed E-state index contributed by atoms with van der Waals surface area (Å²) in [6.07, 6.45) is 1.46. The van der Waals surface area contributed by atoms with E-state index >= 15 is 0 Å². The number of ether oxygens (including phenoxy) is 1. The number of hydrogen-bond donors (Lipinski definition) is 1. The lowest BCUT2D eigenvalue weighted by molar-refractivity contribution is 0.0730. The monoisotopic (exact) mass is 367 g/mol. The maximum Gasteiger partial charge on any atom is 0.268 e. The predicted molar refractivity (Wildman–Crippen MR) is 89.6 cm³/mol. The summed E-state index contributed by atoms with van der Waals surface area (Å²) in [6, 6.07) is 5.00. The van der Waals surface area contributed by atoms with E-state index in [4.69, 9.17) is 9.15 Å². The van der Waals surface area contributed by atoms with Crippen molar-refractivity contribution in [2.75, 3.05) is 26.3 Å². The fraction of sp³-hybridized carbons (Fsp3) is 0.438. The van der Waals surface area contributed by atoms with Gasteiger partial charge in [-0.05, 0) is 25.1 Å². The van der Waals surface area contributed by atoms with Crippen molar-refractivity contribution in [3.8, 4) is 0 Å². The summed E-state index contributed by atoms with van der Waals surface area (Å²) in [5.74, 6) is 1.04. The summed E-state index contributed by atoms with van der Waals surface area (Å²) in [5.41, 5.74) is 0.273. The van der Waals surface area contributed by atoms with E-state index in [1.807, 2.05) is 13.0 Å². The zero-order valence-electron chi connectivity index (χ0n) is 14.2. The maximum atomic E-state index is 12.7. The van der Waals surface area contributed by atoms with Crippen LogP contribution in [0.5, 0.6) is 0 Å². The third-order valence-electron chi connectivity index (χ3n) is 4.04. The zero-order chi connectivity index (χ0) is 18.0. The Morgan fingerprint density at radius 1 is 1.28 bits per heavy atom. The second-order valence-corrected chi connectivity index (χ2v) is 7.82. The molecule has 0 bridgehead atoms. The van der Waals surface area contributed by atoms with E-state index in [1.54, 1.807) is 13.1 Å². The molecular formula is C16H21N3O5S. The molecule has 8 nitrogen and oxygen atoms in total. The number of rotatable bonds is 5. The molecule has 1 aliphatic rings. The highest BCUT2D eigenvalue weighted by Crippen LogP contribution is 2.19. The summed E-state index contributed by atoms with van der Waals surface area (Å²) in [7, 11) is -1.98. The van der Waals surface area contributed by atoms with E-state index in [0.717, 1.165) is 5.76 Å². The van der Waals surface area contributed by atoms with Crippen molar-refractivity contribution in [2.24, 2.45) is 7.05 Å². The Hall–Kier alpha value is -2.10. The van der Waals surface area contributed by atoms with Crippen LogP contribution in [0.1, 0.15) is 22.0 Å². The first kappa shape index (κ1) is 17.7. The fourth-order valence-corrected chi connectivity index (χ4v) is 4.15. The van der Waals surface area contributed by atoms with Crippen LogP contribution in [0.4, 0.5) is 0 Å². The van der Waals surface area contributed by atoms with Gasteiger partial charge in [0.25, 0.3) is 5.91 Å². The SMILES string of the molecule is Cc1ccc(CNC(=O)c2cc(S(=O)(=O)N3CCOCC3)cn2C)o1. The van der Waals surface area contributed by atoms with E-state index < -0.39 is 10.0 Å². The van der Waals surface area contributed by atoms with Crippen LogP contribution >= 0.6 is 0 Å². The fourth-order valence-electron chi connectivity index (χ4n) is 2.68. The number of nitrogens with one attached hydrogen (secondary N) is 1. The highest BCUT2D eigenvalue weighted by molar-refractivity contribution is 7.89. The molecule has 1 saturated heterocycles. The predicted octanol–water partition coefficient (Wildman–Crippen LogP) is 0.877. The van der Waals surface area contributed by atoms with E-state index in [1.165, 1.54) is 21.1 Å². The third kappa shape index (κ3) is 3.78. The van der Waals surface area contributed by atoms with Crippen LogP contribution in [0.2, 0.25) is 0 Å². The van der Waals surface area contributed by atoms with Crippen LogP contribution in [-0.4, -0.2) is 49.5 Å². The number of aryl methyl sites for hydroxylation is 2. The minimum absolute atomic E-state index is 0.107. The van der Waals surface area contributed by atoms with Crippen LogP contribution in [-0.2, 0) is 28.4 Å². The molecule has 136 valence electrons. The quantitative estimate of drug-likeness (QED) is 0.847. The highest BCUT2D eigenvalue weighted by Gasteiger charge is 2.28. The molecule has 1 aliphatic heterocycles. The van der Waals surface area contributed by atoms with Gasteiger partial charge in [0.15, 0.2) is 0 Å². The van der Waals surface area contributed by atoms with Crippen molar-refractivity contribution < 1.29 is 22.4 Å². The highest BCUT2D eigenvalue weighted by atomic mass is 32.2. The molecule has 9 heteroatoms. The second kappa shape index (κ2) is 7.03. The Labute approximate surface area is 146 Å². The van der Waals surface area contributed by atoms with Crippen LogP contribution in [0.25, 0.3) is 0 Å². The minimum atomic E-state index is -3.63. The summed E-state index contributed by atoms with van der Waals surface area (Å²) in [5, 5.41) is 2.73. The molecule has 0 saturated carbocycles. The van der Waals surface area contributed by atoms with E-state index in [9.17, 15) is 13.2 Å². The molecule has 0 radical (unpaired) electrons. The van der Waals surface area contributed by atoms with Crippen LogP contribution < -0.4 is 5.32 Å². The Morgan fingerprint density at radius 3 is 2.64 bits per heavy atom.